The summed E-state index contributed by atoms with van der Waals surface area (Å²) < 4.78 is 27.0. The van der Waals surface area contributed by atoms with Crippen LogP contribution in [-0.2, 0) is 6.42 Å². The molecule has 0 aliphatic rings. The van der Waals surface area contributed by atoms with Gasteiger partial charge in [-0.2, -0.15) is 0 Å². The lowest BCUT2D eigenvalue weighted by atomic mass is 9.95. The maximum Gasteiger partial charge on any atom is 0.162 e. The molecule has 0 saturated heterocycles. The molecule has 0 spiro atoms. The van der Waals surface area contributed by atoms with Crippen LogP contribution in [0.3, 0.4) is 0 Å². The molecule has 5 heteroatoms. The van der Waals surface area contributed by atoms with Crippen LogP contribution in [0.5, 0.6) is 0 Å². The van der Waals surface area contributed by atoms with Crippen molar-refractivity contribution in [2.75, 3.05) is 0 Å². The molecule has 0 aliphatic carbocycles. The summed E-state index contributed by atoms with van der Waals surface area (Å²) >= 11 is 6.07. The van der Waals surface area contributed by atoms with E-state index in [-0.39, 0.29) is 18.0 Å². The van der Waals surface area contributed by atoms with Gasteiger partial charge in [0.05, 0.1) is 6.04 Å². The highest BCUT2D eigenvalue weighted by atomic mass is 35.5. The maximum absolute atomic E-state index is 13.7. The van der Waals surface area contributed by atoms with Gasteiger partial charge in [0.15, 0.2) is 11.6 Å². The van der Waals surface area contributed by atoms with Gasteiger partial charge in [0.2, 0.25) is 0 Å². The number of nitrogens with two attached hydrogens (primary N) is 1. The zero-order chi connectivity index (χ0) is 14.7. The quantitative estimate of drug-likeness (QED) is 0.667. The van der Waals surface area contributed by atoms with E-state index in [1.165, 1.54) is 6.07 Å². The van der Waals surface area contributed by atoms with Crippen LogP contribution in [0.1, 0.15) is 22.7 Å². The standard InChI is InChI=1S/C15H15ClF2N2/c1-9-11(5-3-6-12(9)16)14(20-19)8-10-4-2-7-13(17)15(10)18/h2-7,14,20H,8,19H2,1H3. The average Bonchev–Trinajstić information content (AvgIpc) is 2.44. The second kappa shape index (κ2) is 6.31. The summed E-state index contributed by atoms with van der Waals surface area (Å²) in [4.78, 5) is 0. The summed E-state index contributed by atoms with van der Waals surface area (Å²) in [6.07, 6.45) is 0.237. The maximum atomic E-state index is 13.7. The highest BCUT2D eigenvalue weighted by molar-refractivity contribution is 6.31. The predicted octanol–water partition coefficient (Wildman–Crippen LogP) is 3.67. The van der Waals surface area contributed by atoms with Crippen molar-refractivity contribution < 1.29 is 8.78 Å². The molecule has 0 aliphatic heterocycles. The Morgan fingerprint density at radius 2 is 1.90 bits per heavy atom. The summed E-state index contributed by atoms with van der Waals surface area (Å²) in [5.41, 5.74) is 4.64. The lowest BCUT2D eigenvalue weighted by Crippen LogP contribution is -2.30. The van der Waals surface area contributed by atoms with Crippen molar-refractivity contribution in [2.45, 2.75) is 19.4 Å². The van der Waals surface area contributed by atoms with Crippen molar-refractivity contribution in [3.63, 3.8) is 0 Å². The zero-order valence-corrected chi connectivity index (χ0v) is 11.7. The molecule has 2 aromatic carbocycles. The summed E-state index contributed by atoms with van der Waals surface area (Å²) in [7, 11) is 0. The SMILES string of the molecule is Cc1c(Cl)cccc1C(Cc1cccc(F)c1F)NN. The first kappa shape index (κ1) is 14.9. The molecule has 0 radical (unpaired) electrons. The predicted molar refractivity (Wildman–Crippen MR) is 76.3 cm³/mol. The van der Waals surface area contributed by atoms with Crippen LogP contribution >= 0.6 is 11.6 Å². The number of halogens is 3. The number of hydrogen-bond acceptors (Lipinski definition) is 2. The van der Waals surface area contributed by atoms with Crippen LogP contribution in [0.4, 0.5) is 8.78 Å². The van der Waals surface area contributed by atoms with E-state index >= 15 is 0 Å². The van der Waals surface area contributed by atoms with Gasteiger partial charge in [0.1, 0.15) is 0 Å². The fraction of sp³-hybridized carbons (Fsp3) is 0.200. The molecule has 2 aromatic rings. The van der Waals surface area contributed by atoms with E-state index in [1.54, 1.807) is 18.2 Å². The van der Waals surface area contributed by atoms with Crippen LogP contribution < -0.4 is 11.3 Å². The topological polar surface area (TPSA) is 38.0 Å². The van der Waals surface area contributed by atoms with E-state index in [2.05, 4.69) is 5.43 Å². The van der Waals surface area contributed by atoms with Gasteiger partial charge < -0.3 is 0 Å². The Morgan fingerprint density at radius 3 is 2.60 bits per heavy atom. The smallest absolute Gasteiger partial charge is 0.162 e. The van der Waals surface area contributed by atoms with Gasteiger partial charge in [-0.05, 0) is 42.2 Å². The van der Waals surface area contributed by atoms with Crippen molar-refractivity contribution in [2.24, 2.45) is 5.84 Å². The van der Waals surface area contributed by atoms with Crippen LogP contribution in [0.2, 0.25) is 5.02 Å². The van der Waals surface area contributed by atoms with Crippen molar-refractivity contribution in [3.05, 3.63) is 69.7 Å². The Kier molecular flexibility index (Phi) is 4.70. The zero-order valence-electron chi connectivity index (χ0n) is 11.0. The average molecular weight is 297 g/mol. The van der Waals surface area contributed by atoms with Gasteiger partial charge >= 0.3 is 0 Å². The fourth-order valence-corrected chi connectivity index (χ4v) is 2.37. The molecule has 0 heterocycles. The van der Waals surface area contributed by atoms with Crippen molar-refractivity contribution in [1.29, 1.82) is 0 Å². The monoisotopic (exact) mass is 296 g/mol. The Bertz CT molecular complexity index is 617. The first-order valence-corrected chi connectivity index (χ1v) is 6.56. The number of hydrazine groups is 1. The Balaban J connectivity index is 2.34. The number of nitrogens with one attached hydrogen (secondary N) is 1. The molecule has 2 rings (SSSR count). The molecule has 0 saturated carbocycles. The molecule has 1 unspecified atom stereocenters. The molecule has 0 bridgehead atoms. The summed E-state index contributed by atoms with van der Waals surface area (Å²) in [6, 6.07) is 9.21. The largest absolute Gasteiger partial charge is 0.271 e. The Hall–Kier alpha value is -1.49. The molecular weight excluding hydrogens is 282 g/mol. The summed E-state index contributed by atoms with van der Waals surface area (Å²) in [5.74, 6) is 3.85. The third kappa shape index (κ3) is 2.98. The molecule has 0 aromatic heterocycles. The van der Waals surface area contributed by atoms with E-state index in [0.29, 0.717) is 5.02 Å². The molecule has 20 heavy (non-hydrogen) atoms. The van der Waals surface area contributed by atoms with Crippen LogP contribution in [0.15, 0.2) is 36.4 Å². The van der Waals surface area contributed by atoms with Crippen LogP contribution in [-0.4, -0.2) is 0 Å². The van der Waals surface area contributed by atoms with Gasteiger partial charge in [-0.15, -0.1) is 0 Å². The second-order valence-corrected chi connectivity index (χ2v) is 5.00. The first-order chi connectivity index (χ1) is 9.54. The molecule has 0 fully saturated rings. The van der Waals surface area contributed by atoms with E-state index < -0.39 is 11.6 Å². The molecule has 106 valence electrons. The molecule has 0 amide bonds. The Morgan fingerprint density at radius 1 is 1.20 bits per heavy atom. The second-order valence-electron chi connectivity index (χ2n) is 4.59. The van der Waals surface area contributed by atoms with Gasteiger partial charge in [-0.1, -0.05) is 35.9 Å². The van der Waals surface area contributed by atoms with Gasteiger partial charge in [-0.25, -0.2) is 8.78 Å². The van der Waals surface area contributed by atoms with Crippen LogP contribution in [0.25, 0.3) is 0 Å². The lowest BCUT2D eigenvalue weighted by molar-refractivity contribution is 0.481. The van der Waals surface area contributed by atoms with Crippen molar-refractivity contribution in [1.82, 2.24) is 5.43 Å². The third-order valence-electron chi connectivity index (χ3n) is 3.34. The lowest BCUT2D eigenvalue weighted by Gasteiger charge is -2.19. The molecule has 2 nitrogen and oxygen atoms in total. The third-order valence-corrected chi connectivity index (χ3v) is 3.75. The Labute approximate surface area is 121 Å². The normalized spacial score (nSPS) is 12.4. The highest BCUT2D eigenvalue weighted by Gasteiger charge is 2.17. The number of rotatable bonds is 4. The van der Waals surface area contributed by atoms with E-state index in [4.69, 9.17) is 17.4 Å². The minimum Gasteiger partial charge on any atom is -0.271 e. The van der Waals surface area contributed by atoms with Crippen molar-refractivity contribution in [3.8, 4) is 0 Å². The summed E-state index contributed by atoms with van der Waals surface area (Å²) in [6.45, 7) is 1.87. The number of hydrogen-bond donors (Lipinski definition) is 2. The first-order valence-electron chi connectivity index (χ1n) is 6.18. The van der Waals surface area contributed by atoms with E-state index in [1.807, 2.05) is 13.0 Å². The van der Waals surface area contributed by atoms with Gasteiger partial charge in [-0.3, -0.25) is 11.3 Å². The van der Waals surface area contributed by atoms with Crippen LogP contribution in [0, 0.1) is 18.6 Å². The van der Waals surface area contributed by atoms with E-state index in [9.17, 15) is 8.78 Å². The molecular formula is C15H15ClF2N2. The minimum absolute atomic E-state index is 0.237. The molecule has 3 N–H and O–H groups in total. The highest BCUT2D eigenvalue weighted by Crippen LogP contribution is 2.27. The van der Waals surface area contributed by atoms with Crippen molar-refractivity contribution >= 4 is 11.6 Å². The summed E-state index contributed by atoms with van der Waals surface area (Å²) in [5, 5.41) is 0.613. The number of benzene rings is 2. The molecule has 1 atom stereocenters. The van der Waals surface area contributed by atoms with E-state index in [0.717, 1.165) is 17.2 Å². The van der Waals surface area contributed by atoms with Gasteiger partial charge in [0, 0.05) is 5.02 Å². The fourth-order valence-electron chi connectivity index (χ4n) is 2.19. The minimum atomic E-state index is -0.860. The van der Waals surface area contributed by atoms with Gasteiger partial charge in [0.25, 0.3) is 0 Å².